The first kappa shape index (κ1) is 11.9. The number of aryl methyl sites for hydroxylation is 2. The third kappa shape index (κ3) is 2.57. The highest BCUT2D eigenvalue weighted by molar-refractivity contribution is 5.84. The maximum Gasteiger partial charge on any atom is 0.127 e. The highest BCUT2D eigenvalue weighted by atomic mass is 14.8. The number of rotatable bonds is 4. The topological polar surface area (TPSA) is 38.9 Å². The largest absolute Gasteiger partial charge is 0.383 e. The molecule has 0 aliphatic heterocycles. The fourth-order valence-electron chi connectivity index (χ4n) is 2.17. The number of benzene rings is 1. The minimum Gasteiger partial charge on any atom is -0.383 e. The van der Waals surface area contributed by atoms with Gasteiger partial charge < -0.3 is 5.73 Å². The Labute approximate surface area is 103 Å². The molecule has 90 valence electrons. The molecule has 2 rings (SSSR count). The van der Waals surface area contributed by atoms with E-state index in [9.17, 15) is 0 Å². The first-order valence-electron chi connectivity index (χ1n) is 6.37. The average molecular weight is 228 g/mol. The van der Waals surface area contributed by atoms with Crippen LogP contribution in [-0.2, 0) is 6.42 Å². The lowest BCUT2D eigenvalue weighted by Crippen LogP contribution is -1.99. The zero-order valence-electron chi connectivity index (χ0n) is 10.7. The molecule has 0 spiro atoms. The van der Waals surface area contributed by atoms with E-state index in [4.69, 9.17) is 5.73 Å². The predicted molar refractivity (Wildman–Crippen MR) is 74.1 cm³/mol. The smallest absolute Gasteiger partial charge is 0.127 e. The number of nitrogens with zero attached hydrogens (tertiary/aromatic N) is 1. The number of nitrogen functional groups attached to an aromatic ring is 1. The molecule has 0 unspecified atom stereocenters. The van der Waals surface area contributed by atoms with E-state index in [2.05, 4.69) is 31.0 Å². The molecule has 2 N–H and O–H groups in total. The molecule has 1 heterocycles. The van der Waals surface area contributed by atoms with Gasteiger partial charge in [0.25, 0.3) is 0 Å². The summed E-state index contributed by atoms with van der Waals surface area (Å²) in [6.45, 7) is 4.34. The normalized spacial score (nSPS) is 10.9. The van der Waals surface area contributed by atoms with Crippen molar-refractivity contribution in [3.05, 3.63) is 35.4 Å². The Morgan fingerprint density at radius 3 is 2.82 bits per heavy atom. The molecule has 2 heteroatoms. The molecule has 1 aromatic carbocycles. The molecule has 0 aliphatic rings. The first-order valence-corrected chi connectivity index (χ1v) is 6.37. The second kappa shape index (κ2) is 5.17. The van der Waals surface area contributed by atoms with Crippen LogP contribution in [0.3, 0.4) is 0 Å². The van der Waals surface area contributed by atoms with Crippen LogP contribution in [-0.4, -0.2) is 4.98 Å². The molecule has 0 aliphatic carbocycles. The second-order valence-corrected chi connectivity index (χ2v) is 4.63. The molecule has 0 amide bonds. The fraction of sp³-hybridized carbons (Fsp3) is 0.400. The maximum absolute atomic E-state index is 6.01. The summed E-state index contributed by atoms with van der Waals surface area (Å²) in [7, 11) is 0. The van der Waals surface area contributed by atoms with Crippen molar-refractivity contribution in [2.45, 2.75) is 39.5 Å². The number of hydrogen-bond donors (Lipinski definition) is 1. The summed E-state index contributed by atoms with van der Waals surface area (Å²) in [6, 6.07) is 8.38. The van der Waals surface area contributed by atoms with Gasteiger partial charge in [-0.15, -0.1) is 0 Å². The minimum atomic E-state index is 0.694. The van der Waals surface area contributed by atoms with Gasteiger partial charge in [0, 0.05) is 5.39 Å². The van der Waals surface area contributed by atoms with Crippen LogP contribution in [0.1, 0.15) is 37.3 Å². The Balaban J connectivity index is 2.36. The lowest BCUT2D eigenvalue weighted by atomic mass is 10.0. The van der Waals surface area contributed by atoms with Crippen molar-refractivity contribution in [3.63, 3.8) is 0 Å². The van der Waals surface area contributed by atoms with Crippen molar-refractivity contribution in [2.75, 3.05) is 5.73 Å². The lowest BCUT2D eigenvalue weighted by Gasteiger charge is -2.08. The van der Waals surface area contributed by atoms with Crippen LogP contribution in [0, 0.1) is 6.92 Å². The highest BCUT2D eigenvalue weighted by Gasteiger charge is 2.05. The Morgan fingerprint density at radius 2 is 2.06 bits per heavy atom. The minimum absolute atomic E-state index is 0.694. The van der Waals surface area contributed by atoms with Crippen molar-refractivity contribution in [2.24, 2.45) is 0 Å². The number of nitrogens with two attached hydrogens (primary N) is 1. The maximum atomic E-state index is 6.01. The summed E-state index contributed by atoms with van der Waals surface area (Å²) in [6.07, 6.45) is 4.72. The Bertz CT molecular complexity index is 518. The standard InChI is InChI=1S/C15H20N2/c1-3-4-5-8-12-10-13-11(2)7-6-9-14(13)17-15(12)16/h6-7,9-10H,3-5,8H2,1-2H3,(H2,16,17). The van der Waals surface area contributed by atoms with Crippen molar-refractivity contribution >= 4 is 16.7 Å². The summed E-state index contributed by atoms with van der Waals surface area (Å²) in [4.78, 5) is 4.49. The molecule has 17 heavy (non-hydrogen) atoms. The molecule has 0 fully saturated rings. The van der Waals surface area contributed by atoms with Crippen molar-refractivity contribution in [3.8, 4) is 0 Å². The molecule has 0 atom stereocenters. The van der Waals surface area contributed by atoms with E-state index < -0.39 is 0 Å². The van der Waals surface area contributed by atoms with Gasteiger partial charge >= 0.3 is 0 Å². The molecule has 2 aromatic rings. The third-order valence-electron chi connectivity index (χ3n) is 3.24. The summed E-state index contributed by atoms with van der Waals surface area (Å²) < 4.78 is 0. The average Bonchev–Trinajstić information content (AvgIpc) is 2.31. The van der Waals surface area contributed by atoms with E-state index in [-0.39, 0.29) is 0 Å². The lowest BCUT2D eigenvalue weighted by molar-refractivity contribution is 0.717. The van der Waals surface area contributed by atoms with Crippen molar-refractivity contribution < 1.29 is 0 Å². The van der Waals surface area contributed by atoms with Gasteiger partial charge in [0.05, 0.1) is 5.52 Å². The monoisotopic (exact) mass is 228 g/mol. The predicted octanol–water partition coefficient (Wildman–Crippen LogP) is 3.86. The summed E-state index contributed by atoms with van der Waals surface area (Å²) in [5, 5.41) is 1.23. The molecule has 0 bridgehead atoms. The van der Waals surface area contributed by atoms with Gasteiger partial charge in [-0.3, -0.25) is 0 Å². The zero-order chi connectivity index (χ0) is 12.3. The van der Waals surface area contributed by atoms with E-state index in [1.807, 2.05) is 12.1 Å². The molecule has 2 nitrogen and oxygen atoms in total. The van der Waals surface area contributed by atoms with Gasteiger partial charge in [0.2, 0.25) is 0 Å². The summed E-state index contributed by atoms with van der Waals surface area (Å²) in [5.74, 6) is 0.694. The number of pyridine rings is 1. The molecule has 1 aromatic heterocycles. The molecular weight excluding hydrogens is 208 g/mol. The summed E-state index contributed by atoms with van der Waals surface area (Å²) in [5.41, 5.74) is 9.47. The van der Waals surface area contributed by atoms with Crippen LogP contribution in [0.2, 0.25) is 0 Å². The van der Waals surface area contributed by atoms with E-state index in [0.29, 0.717) is 5.82 Å². The zero-order valence-corrected chi connectivity index (χ0v) is 10.7. The quantitative estimate of drug-likeness (QED) is 0.807. The number of anilines is 1. The fourth-order valence-corrected chi connectivity index (χ4v) is 2.17. The van der Waals surface area contributed by atoms with Crippen LogP contribution in [0.25, 0.3) is 10.9 Å². The van der Waals surface area contributed by atoms with Crippen molar-refractivity contribution in [1.29, 1.82) is 0 Å². The SMILES string of the molecule is CCCCCc1cc2c(C)cccc2nc1N. The van der Waals surface area contributed by atoms with Gasteiger partial charge in [-0.05, 0) is 43.0 Å². The number of unbranched alkanes of at least 4 members (excludes halogenated alkanes) is 2. The second-order valence-electron chi connectivity index (χ2n) is 4.63. The van der Waals surface area contributed by atoms with Gasteiger partial charge in [-0.1, -0.05) is 31.9 Å². The van der Waals surface area contributed by atoms with Gasteiger partial charge in [-0.2, -0.15) is 0 Å². The first-order chi connectivity index (χ1) is 8.22. The Kier molecular flexibility index (Phi) is 3.62. The van der Waals surface area contributed by atoms with Crippen molar-refractivity contribution in [1.82, 2.24) is 4.98 Å². The van der Waals surface area contributed by atoms with E-state index in [1.165, 1.54) is 35.8 Å². The highest BCUT2D eigenvalue weighted by Crippen LogP contribution is 2.22. The summed E-state index contributed by atoms with van der Waals surface area (Å²) >= 11 is 0. The van der Waals surface area contributed by atoms with E-state index in [0.717, 1.165) is 11.9 Å². The number of hydrogen-bond acceptors (Lipinski definition) is 2. The van der Waals surface area contributed by atoms with E-state index >= 15 is 0 Å². The van der Waals surface area contributed by atoms with E-state index in [1.54, 1.807) is 0 Å². The molecule has 0 saturated heterocycles. The van der Waals surface area contributed by atoms with Gasteiger partial charge in [0.15, 0.2) is 0 Å². The Morgan fingerprint density at radius 1 is 1.24 bits per heavy atom. The van der Waals surface area contributed by atoms with Gasteiger partial charge in [0.1, 0.15) is 5.82 Å². The van der Waals surface area contributed by atoms with Crippen LogP contribution >= 0.6 is 0 Å². The Hall–Kier alpha value is -1.57. The molecule has 0 saturated carbocycles. The van der Waals surface area contributed by atoms with Crippen LogP contribution < -0.4 is 5.73 Å². The number of fused-ring (bicyclic) bond motifs is 1. The third-order valence-corrected chi connectivity index (χ3v) is 3.24. The van der Waals surface area contributed by atoms with Crippen LogP contribution in [0.15, 0.2) is 24.3 Å². The molecular formula is C15H20N2. The number of aromatic nitrogens is 1. The van der Waals surface area contributed by atoms with Crippen LogP contribution in [0.4, 0.5) is 5.82 Å². The van der Waals surface area contributed by atoms with Gasteiger partial charge in [-0.25, -0.2) is 4.98 Å². The molecule has 0 radical (unpaired) electrons. The van der Waals surface area contributed by atoms with Crippen LogP contribution in [0.5, 0.6) is 0 Å².